The molecule has 2 N–H and O–H groups in total. The van der Waals surface area contributed by atoms with E-state index in [0.717, 1.165) is 12.5 Å². The van der Waals surface area contributed by atoms with E-state index in [1.54, 1.807) is 4.90 Å². The molecule has 2 aliphatic heterocycles. The van der Waals surface area contributed by atoms with E-state index < -0.39 is 27.5 Å². The van der Waals surface area contributed by atoms with Crippen LogP contribution in [0, 0.1) is 11.7 Å². The summed E-state index contributed by atoms with van der Waals surface area (Å²) in [4.78, 5) is 41.8. The molecule has 4 aliphatic rings. The lowest BCUT2D eigenvalue weighted by Crippen LogP contribution is -2.47. The van der Waals surface area contributed by atoms with E-state index in [9.17, 15) is 27.9 Å². The number of amides is 2. The minimum atomic E-state index is -3.08. The summed E-state index contributed by atoms with van der Waals surface area (Å²) < 4.78 is 51.2. The van der Waals surface area contributed by atoms with Gasteiger partial charge >= 0.3 is 5.97 Å². The second-order valence-electron chi connectivity index (χ2n) is 12.9. The maximum atomic E-state index is 15.4. The summed E-state index contributed by atoms with van der Waals surface area (Å²) in [5.74, 6) is -1.80. The van der Waals surface area contributed by atoms with Crippen molar-refractivity contribution in [1.29, 1.82) is 0 Å². The van der Waals surface area contributed by atoms with E-state index in [-0.39, 0.29) is 70.8 Å². The summed E-state index contributed by atoms with van der Waals surface area (Å²) in [6, 6.07) is 2.08. The maximum absolute atomic E-state index is 15.4. The molecule has 0 unspecified atom stereocenters. The van der Waals surface area contributed by atoms with Crippen molar-refractivity contribution in [3.63, 3.8) is 0 Å². The molecule has 0 spiro atoms. The Labute approximate surface area is 278 Å². The van der Waals surface area contributed by atoms with E-state index in [1.807, 2.05) is 12.2 Å². The number of nitrogens with zero attached hydrogens (tertiary/aromatic N) is 2. The van der Waals surface area contributed by atoms with Crippen molar-refractivity contribution in [1.82, 2.24) is 9.80 Å². The van der Waals surface area contributed by atoms with Crippen LogP contribution in [0.2, 0.25) is 5.02 Å². The highest BCUT2D eigenvalue weighted by Crippen LogP contribution is 2.32. The third-order valence-corrected chi connectivity index (χ3v) is 11.8. The molecule has 1 aromatic carbocycles. The first kappa shape index (κ1) is 33.6. The van der Waals surface area contributed by atoms with Gasteiger partial charge in [-0.2, -0.15) is 0 Å². The molecule has 254 valence electrons. The number of aryl methyl sites for hydroxylation is 1. The van der Waals surface area contributed by atoms with Gasteiger partial charge in [0.15, 0.2) is 9.84 Å². The molecule has 2 aromatic rings. The van der Waals surface area contributed by atoms with Crippen molar-refractivity contribution in [2.45, 2.75) is 69.6 Å². The number of sulfone groups is 1. The Bertz CT molecular complexity index is 1660. The Morgan fingerprint density at radius 3 is 2.60 bits per heavy atom. The molecule has 3 heterocycles. The highest BCUT2D eigenvalue weighted by Gasteiger charge is 2.40. The third kappa shape index (κ3) is 7.74. The number of furan rings is 1. The second-order valence-corrected chi connectivity index (χ2v) is 15.6. The minimum absolute atomic E-state index is 0.0673. The molecular formula is C33H39ClFN3O8S. The number of nitrogens with one attached hydrogen (secondary N) is 1. The number of ether oxygens (including phenoxy) is 1. The molecule has 47 heavy (non-hydrogen) atoms. The molecule has 2 atom stereocenters. The lowest BCUT2D eigenvalue weighted by molar-refractivity contribution is -0.144. The van der Waals surface area contributed by atoms with Crippen molar-refractivity contribution in [3.05, 3.63) is 57.8 Å². The van der Waals surface area contributed by atoms with E-state index >= 15 is 4.39 Å². The van der Waals surface area contributed by atoms with Gasteiger partial charge in [0.05, 0.1) is 58.9 Å². The van der Waals surface area contributed by atoms with Crippen LogP contribution in [0.25, 0.3) is 6.08 Å². The van der Waals surface area contributed by atoms with Crippen molar-refractivity contribution in [2.75, 3.05) is 43.1 Å². The molecule has 3 fully saturated rings. The molecule has 2 aliphatic carbocycles. The zero-order valence-corrected chi connectivity index (χ0v) is 27.5. The Hall–Kier alpha value is -3.26. The van der Waals surface area contributed by atoms with Crippen molar-refractivity contribution < 1.29 is 41.5 Å². The Kier molecular flexibility index (Phi) is 10.1. The molecule has 1 saturated carbocycles. The predicted molar refractivity (Wildman–Crippen MR) is 173 cm³/mol. The predicted octanol–water partition coefficient (Wildman–Crippen LogP) is 4.19. The van der Waals surface area contributed by atoms with E-state index in [4.69, 9.17) is 20.8 Å². The molecule has 0 bridgehead atoms. The van der Waals surface area contributed by atoms with E-state index in [1.165, 1.54) is 12.3 Å². The standard InChI is InChI=1S/C33H39ClFN3O8S/c34-27-13-21(28(35)16-29(27)36-32(40)26-19-46-30-4-2-1-3-25(26)30)14-31(39)38-17-22(37-9-11-47(43,44)12-10-37)15-23(38)18-45-24-7-5-20(6-8-24)33(41)42/h1,3,13,16,19-20,22-24H,2,4-12,14-15,17-18H2,(H,36,40)(H,41,42)/t20-,22-,23-,24-/m0/s1. The number of likely N-dealkylation sites (tertiary alicyclic amines) is 1. The van der Waals surface area contributed by atoms with Crippen LogP contribution < -0.4 is 5.32 Å². The number of halogens is 2. The van der Waals surface area contributed by atoms with Gasteiger partial charge < -0.3 is 24.5 Å². The van der Waals surface area contributed by atoms with Crippen molar-refractivity contribution in [2.24, 2.45) is 5.92 Å². The fourth-order valence-corrected chi connectivity index (χ4v) is 8.55. The fraction of sp³-hybridized carbons (Fsp3) is 0.545. The summed E-state index contributed by atoms with van der Waals surface area (Å²) in [7, 11) is -3.08. The van der Waals surface area contributed by atoms with Gasteiger partial charge in [-0.15, -0.1) is 0 Å². The molecule has 14 heteroatoms. The van der Waals surface area contributed by atoms with E-state index in [2.05, 4.69) is 10.2 Å². The zero-order valence-electron chi connectivity index (χ0n) is 26.0. The van der Waals surface area contributed by atoms with Crippen molar-refractivity contribution >= 4 is 51.0 Å². The zero-order chi connectivity index (χ0) is 33.3. The first-order valence-electron chi connectivity index (χ1n) is 16.1. The number of allylic oxidation sites excluding steroid dienone is 1. The maximum Gasteiger partial charge on any atom is 0.306 e. The topological polar surface area (TPSA) is 146 Å². The molecule has 6 rings (SSSR count). The number of carbonyl (C=O) groups excluding carboxylic acids is 2. The number of carboxylic acids is 1. The molecule has 0 radical (unpaired) electrons. The van der Waals surface area contributed by atoms with Crippen LogP contribution in [-0.4, -0.2) is 97.0 Å². The molecular weight excluding hydrogens is 653 g/mol. The normalized spacial score (nSPS) is 25.8. The van der Waals surface area contributed by atoms with Gasteiger partial charge in [0.1, 0.15) is 17.8 Å². The lowest BCUT2D eigenvalue weighted by atomic mass is 9.87. The number of fused-ring (bicyclic) bond motifs is 1. The van der Waals surface area contributed by atoms with E-state index in [0.29, 0.717) is 75.0 Å². The first-order valence-corrected chi connectivity index (χ1v) is 18.3. The van der Waals surface area contributed by atoms with Crippen LogP contribution in [0.4, 0.5) is 10.1 Å². The van der Waals surface area contributed by atoms with Crippen LogP contribution in [0.5, 0.6) is 0 Å². The molecule has 1 aromatic heterocycles. The number of anilines is 1. The smallest absolute Gasteiger partial charge is 0.306 e. The van der Waals surface area contributed by atoms with Gasteiger partial charge in [0.25, 0.3) is 5.91 Å². The number of carboxylic acid groups (broad SMARTS) is 1. The SMILES string of the molecule is O=C(Nc1cc(F)c(CC(=O)N2C[C@@H](N3CCS(=O)(=O)CC3)C[C@H]2CO[C@H]2CC[C@H](C(=O)O)CC2)cc1Cl)c1coc2c1C=CCC2. The monoisotopic (exact) mass is 691 g/mol. The van der Waals surface area contributed by atoms with Crippen LogP contribution >= 0.6 is 11.6 Å². The molecule has 11 nitrogen and oxygen atoms in total. The first-order chi connectivity index (χ1) is 22.5. The Morgan fingerprint density at radius 1 is 1.13 bits per heavy atom. The number of hydrogen-bond acceptors (Lipinski definition) is 8. The largest absolute Gasteiger partial charge is 0.481 e. The average molecular weight is 692 g/mol. The third-order valence-electron chi connectivity index (χ3n) is 9.86. The molecule has 2 saturated heterocycles. The van der Waals surface area contributed by atoms with Crippen LogP contribution in [0.1, 0.15) is 65.8 Å². The number of rotatable bonds is 9. The Morgan fingerprint density at radius 2 is 1.87 bits per heavy atom. The van der Waals surface area contributed by atoms with Gasteiger partial charge in [-0.05, 0) is 56.2 Å². The Balaban J connectivity index is 1.12. The highest BCUT2D eigenvalue weighted by molar-refractivity contribution is 7.91. The van der Waals surface area contributed by atoms with Gasteiger partial charge in [0.2, 0.25) is 5.91 Å². The van der Waals surface area contributed by atoms with Gasteiger partial charge in [-0.25, -0.2) is 12.8 Å². The summed E-state index contributed by atoms with van der Waals surface area (Å²) in [5.41, 5.74) is 1.17. The van der Waals surface area contributed by atoms with Crippen LogP contribution in [-0.2, 0) is 37.0 Å². The summed E-state index contributed by atoms with van der Waals surface area (Å²) in [6.45, 7) is 1.37. The average Bonchev–Trinajstić information content (AvgIpc) is 3.67. The summed E-state index contributed by atoms with van der Waals surface area (Å²) in [5, 5.41) is 12.0. The van der Waals surface area contributed by atoms with Crippen molar-refractivity contribution in [3.8, 4) is 0 Å². The second kappa shape index (κ2) is 14.1. The van der Waals surface area contributed by atoms with Gasteiger partial charge in [0, 0.05) is 37.7 Å². The summed E-state index contributed by atoms with van der Waals surface area (Å²) >= 11 is 6.48. The number of benzene rings is 1. The molecule has 2 amide bonds. The van der Waals surface area contributed by atoms with Gasteiger partial charge in [-0.1, -0.05) is 23.8 Å². The number of aliphatic carboxylic acids is 1. The van der Waals surface area contributed by atoms with Gasteiger partial charge in [-0.3, -0.25) is 19.3 Å². The number of carbonyl (C=O) groups is 3. The van der Waals surface area contributed by atoms with Crippen LogP contribution in [0.3, 0.4) is 0 Å². The number of hydrogen-bond donors (Lipinski definition) is 2. The van der Waals surface area contributed by atoms with Crippen LogP contribution in [0.15, 0.2) is 28.9 Å². The minimum Gasteiger partial charge on any atom is -0.481 e. The fourth-order valence-electron chi connectivity index (χ4n) is 7.08. The summed E-state index contributed by atoms with van der Waals surface area (Å²) in [6.07, 6.45) is 9.20. The quantitative estimate of drug-likeness (QED) is 0.395. The highest BCUT2D eigenvalue weighted by atomic mass is 35.5. The lowest BCUT2D eigenvalue weighted by Gasteiger charge is -2.31.